The minimum absolute atomic E-state index is 0.0467. The summed E-state index contributed by atoms with van der Waals surface area (Å²) in [5.74, 6) is -5.34. The van der Waals surface area contributed by atoms with Gasteiger partial charge in [0.2, 0.25) is 15.9 Å². The number of aliphatic hydroxyl groups is 3. The van der Waals surface area contributed by atoms with Crippen molar-refractivity contribution >= 4 is 38.5 Å². The lowest BCUT2D eigenvalue weighted by Gasteiger charge is -2.46. The lowest BCUT2D eigenvalue weighted by Crippen LogP contribution is -2.59. The quantitative estimate of drug-likeness (QED) is 0.0925. The molecule has 2 aliphatic heterocycles. The molecule has 3 heterocycles. The summed E-state index contributed by atoms with van der Waals surface area (Å²) in [6, 6.07) is 6.55. The van der Waals surface area contributed by atoms with E-state index in [1.165, 1.54) is 25.1 Å². The minimum Gasteiger partial charge on any atom is -0.459 e. The lowest BCUT2D eigenvalue weighted by atomic mass is 9.81. The van der Waals surface area contributed by atoms with Crippen molar-refractivity contribution in [1.82, 2.24) is 24.4 Å². The molecule has 14 atom stereocenters. The van der Waals surface area contributed by atoms with E-state index in [4.69, 9.17) is 18.9 Å². The number of aromatic nitrogens is 1. The highest BCUT2D eigenvalue weighted by Crippen LogP contribution is 2.36. The Morgan fingerprint density at radius 3 is 2.32 bits per heavy atom. The van der Waals surface area contributed by atoms with Crippen LogP contribution >= 0.6 is 0 Å². The van der Waals surface area contributed by atoms with Gasteiger partial charge in [-0.15, -0.1) is 0 Å². The summed E-state index contributed by atoms with van der Waals surface area (Å²) in [6.07, 6.45) is -2.04. The first-order valence-corrected chi connectivity index (χ1v) is 25.1. The first kappa shape index (κ1) is 55.4. The largest absolute Gasteiger partial charge is 0.459 e. The van der Waals surface area contributed by atoms with Gasteiger partial charge in [-0.25, -0.2) is 8.42 Å². The van der Waals surface area contributed by atoms with Crippen molar-refractivity contribution < 1.29 is 57.1 Å². The van der Waals surface area contributed by atoms with Crippen molar-refractivity contribution in [3.8, 4) is 0 Å². The van der Waals surface area contributed by atoms with Gasteiger partial charge in [0, 0.05) is 68.5 Å². The Morgan fingerprint density at radius 2 is 1.71 bits per heavy atom. The van der Waals surface area contributed by atoms with Crippen LogP contribution in [-0.4, -0.2) is 174 Å². The van der Waals surface area contributed by atoms with Crippen LogP contribution < -0.4 is 5.32 Å². The molecule has 2 aromatic rings. The number of sulfonamides is 1. The molecule has 0 saturated carbocycles. The molecule has 1 aromatic carbocycles. The SMILES string of the molecule is CCNC(=O)[C@H](C)[C@@H](O)[C@](C)(O)[C@@H](CC)OC(=O)[C@H](C)C(=O)[C@H](C)[C@@H](O[C@@H]1O[C@H](C)C[C@H](N(C)C)[C@H]1O)[C@@](C)(CC)OCC(C)CN1CCN(S(=O)(=O)c2ccc3ccncc3c2)CC1C. The van der Waals surface area contributed by atoms with Gasteiger partial charge < -0.3 is 44.5 Å². The van der Waals surface area contributed by atoms with Gasteiger partial charge in [-0.3, -0.25) is 24.3 Å². The molecule has 0 radical (unpaired) electrons. The molecule has 0 bridgehead atoms. The van der Waals surface area contributed by atoms with Gasteiger partial charge in [-0.1, -0.05) is 40.7 Å². The molecule has 2 aliphatic rings. The van der Waals surface area contributed by atoms with Gasteiger partial charge in [0.05, 0.1) is 41.3 Å². The molecular formula is C48H79N5O12S. The van der Waals surface area contributed by atoms with Crippen LogP contribution in [0.15, 0.2) is 41.6 Å². The first-order valence-electron chi connectivity index (χ1n) is 23.6. The number of hydrogen-bond acceptors (Lipinski definition) is 15. The van der Waals surface area contributed by atoms with Crippen molar-refractivity contribution in [1.29, 1.82) is 0 Å². The molecule has 0 spiro atoms. The lowest BCUT2D eigenvalue weighted by molar-refractivity contribution is -0.297. The monoisotopic (exact) mass is 950 g/mol. The van der Waals surface area contributed by atoms with Crippen LogP contribution in [0, 0.1) is 23.7 Å². The summed E-state index contributed by atoms with van der Waals surface area (Å²) in [5, 5.41) is 38.4. The number of Topliss-reactive ketones (excluding diaryl/α,β-unsaturated/α-hetero) is 1. The fraction of sp³-hybridized carbons (Fsp3) is 0.750. The van der Waals surface area contributed by atoms with E-state index < -0.39 is 87.3 Å². The predicted molar refractivity (Wildman–Crippen MR) is 251 cm³/mol. The number of amides is 1. The summed E-state index contributed by atoms with van der Waals surface area (Å²) in [5.41, 5.74) is -3.18. The topological polar surface area (TPSA) is 218 Å². The second-order valence-corrected chi connectivity index (χ2v) is 21.3. The van der Waals surface area contributed by atoms with E-state index in [0.717, 1.165) is 10.8 Å². The second-order valence-electron chi connectivity index (χ2n) is 19.4. The van der Waals surface area contributed by atoms with Gasteiger partial charge in [0.15, 0.2) is 12.1 Å². The molecule has 18 heteroatoms. The number of rotatable bonds is 23. The molecule has 0 aliphatic carbocycles. The molecule has 2 unspecified atom stereocenters. The average molecular weight is 950 g/mol. The highest BCUT2D eigenvalue weighted by molar-refractivity contribution is 7.89. The van der Waals surface area contributed by atoms with Crippen LogP contribution in [0.3, 0.4) is 0 Å². The van der Waals surface area contributed by atoms with Gasteiger partial charge in [0.25, 0.3) is 0 Å². The third kappa shape index (κ3) is 12.9. The van der Waals surface area contributed by atoms with E-state index >= 15 is 0 Å². The number of fused-ring (bicyclic) bond motifs is 1. The Kier molecular flexibility index (Phi) is 19.7. The summed E-state index contributed by atoms with van der Waals surface area (Å²) >= 11 is 0. The Balaban J connectivity index is 1.51. The Hall–Kier alpha value is -3.17. The van der Waals surface area contributed by atoms with Crippen LogP contribution in [0.1, 0.15) is 95.4 Å². The van der Waals surface area contributed by atoms with Crippen molar-refractivity contribution in [3.05, 3.63) is 36.7 Å². The third-order valence-corrected chi connectivity index (χ3v) is 15.7. The van der Waals surface area contributed by atoms with Gasteiger partial charge in [-0.2, -0.15) is 4.31 Å². The van der Waals surface area contributed by atoms with E-state index in [1.54, 1.807) is 51.4 Å². The number of ketones is 1. The Labute approximate surface area is 392 Å². The number of carbonyl (C=O) groups is 3. The number of nitrogens with zero attached hydrogens (tertiary/aromatic N) is 4. The van der Waals surface area contributed by atoms with Crippen molar-refractivity contribution in [3.63, 3.8) is 0 Å². The molecule has 4 N–H and O–H groups in total. The number of aliphatic hydroxyl groups excluding tert-OH is 2. The van der Waals surface area contributed by atoms with Gasteiger partial charge >= 0.3 is 5.97 Å². The number of ether oxygens (including phenoxy) is 4. The van der Waals surface area contributed by atoms with Gasteiger partial charge in [-0.05, 0) is 104 Å². The summed E-state index contributed by atoms with van der Waals surface area (Å²) in [4.78, 5) is 49.3. The predicted octanol–water partition coefficient (Wildman–Crippen LogP) is 3.61. The highest BCUT2D eigenvalue weighted by atomic mass is 32.2. The van der Waals surface area contributed by atoms with Crippen LogP contribution in [0.4, 0.5) is 0 Å². The number of benzene rings is 1. The van der Waals surface area contributed by atoms with E-state index in [1.807, 2.05) is 59.7 Å². The fourth-order valence-electron chi connectivity index (χ4n) is 9.28. The van der Waals surface area contributed by atoms with Crippen molar-refractivity contribution in [2.24, 2.45) is 23.7 Å². The van der Waals surface area contributed by atoms with E-state index in [-0.39, 0.29) is 42.0 Å². The fourth-order valence-corrected chi connectivity index (χ4v) is 10.8. The molecule has 4 rings (SSSR count). The van der Waals surface area contributed by atoms with Crippen LogP contribution in [0.5, 0.6) is 0 Å². The molecule has 2 fully saturated rings. The molecule has 17 nitrogen and oxygen atoms in total. The average Bonchev–Trinajstić information content (AvgIpc) is 3.28. The molecule has 1 amide bonds. The Morgan fingerprint density at radius 1 is 1.03 bits per heavy atom. The number of pyridine rings is 1. The van der Waals surface area contributed by atoms with Crippen LogP contribution in [0.2, 0.25) is 0 Å². The maximum Gasteiger partial charge on any atom is 0.316 e. The summed E-state index contributed by atoms with van der Waals surface area (Å²) in [7, 11) is -0.0137. The number of hydrogen-bond donors (Lipinski definition) is 4. The number of piperazine rings is 1. The standard InChI is InChI=1S/C48H79N5O12S/c1-14-39(48(11,59)42(56)34(9)44(57)50-16-3)64-45(58)33(8)40(54)32(7)43(65-46-41(55)38(51(12)13)23-31(6)63-46)47(10,15-2)62-28-29(4)26-52-21-22-53(27-30(52)5)66(60,61)37-18-17-35-19-20-49-25-36(35)24-37/h17-20,24-25,29-34,38-39,41-43,46,55-56,59H,14-16,21-23,26-28H2,1-13H3,(H,50,57)/t29?,30?,31-,32+,33-,34-,38+,39-,41-,42-,43-,46+,47-,48-/m1/s1. The normalized spacial score (nSPS) is 26.3. The van der Waals surface area contributed by atoms with Crippen LogP contribution in [-0.2, 0) is 43.4 Å². The summed E-state index contributed by atoms with van der Waals surface area (Å²) < 4.78 is 54.5. The Bertz CT molecular complexity index is 2040. The summed E-state index contributed by atoms with van der Waals surface area (Å²) in [6.45, 7) is 21.2. The smallest absolute Gasteiger partial charge is 0.316 e. The number of nitrogens with one attached hydrogen (secondary N) is 1. The molecule has 2 saturated heterocycles. The molecule has 66 heavy (non-hydrogen) atoms. The van der Waals surface area contributed by atoms with E-state index in [2.05, 4.69) is 15.2 Å². The molecular weight excluding hydrogens is 871 g/mol. The zero-order valence-corrected chi connectivity index (χ0v) is 42.3. The number of likely N-dealkylation sites (N-methyl/N-ethyl adjacent to an activating group) is 1. The maximum absolute atomic E-state index is 14.5. The zero-order valence-electron chi connectivity index (χ0n) is 41.5. The third-order valence-electron chi connectivity index (χ3n) is 13.9. The maximum atomic E-state index is 14.5. The van der Waals surface area contributed by atoms with Gasteiger partial charge in [0.1, 0.15) is 23.7 Å². The van der Waals surface area contributed by atoms with E-state index in [0.29, 0.717) is 45.6 Å². The number of carbonyl (C=O) groups excluding carboxylic acids is 3. The zero-order chi connectivity index (χ0) is 49.5. The second kappa shape index (κ2) is 23.4. The van der Waals surface area contributed by atoms with E-state index in [9.17, 15) is 38.1 Å². The van der Waals surface area contributed by atoms with Crippen molar-refractivity contribution in [2.75, 3.05) is 53.4 Å². The van der Waals surface area contributed by atoms with Crippen LogP contribution in [0.25, 0.3) is 10.8 Å². The van der Waals surface area contributed by atoms with Crippen molar-refractivity contribution in [2.45, 2.75) is 160 Å². The number of esters is 1. The molecule has 1 aromatic heterocycles. The first-order chi connectivity index (χ1) is 30.8. The molecule has 374 valence electrons. The highest BCUT2D eigenvalue weighted by Gasteiger charge is 2.50. The minimum atomic E-state index is -3.74.